The van der Waals surface area contributed by atoms with Crippen LogP contribution >= 0.6 is 0 Å². The maximum Gasteiger partial charge on any atom is 0.136 e. The van der Waals surface area contributed by atoms with Gasteiger partial charge in [-0.3, -0.25) is 4.79 Å². The number of carbonyl (C=O) groups excluding carboxylic acids is 1. The van der Waals surface area contributed by atoms with Crippen molar-refractivity contribution in [3.8, 4) is 0 Å². The second-order valence-corrected chi connectivity index (χ2v) is 4.81. The van der Waals surface area contributed by atoms with E-state index in [1.165, 1.54) is 12.8 Å². The fourth-order valence-corrected chi connectivity index (χ4v) is 2.13. The molecule has 1 aliphatic carbocycles. The van der Waals surface area contributed by atoms with Gasteiger partial charge >= 0.3 is 0 Å². The maximum absolute atomic E-state index is 11.8. The van der Waals surface area contributed by atoms with Crippen LogP contribution in [0.15, 0.2) is 0 Å². The minimum absolute atomic E-state index is 0.00141. The van der Waals surface area contributed by atoms with Gasteiger partial charge < -0.3 is 5.73 Å². The summed E-state index contributed by atoms with van der Waals surface area (Å²) in [5.74, 6) is 0.646. The normalized spacial score (nSPS) is 25.8. The van der Waals surface area contributed by atoms with Gasteiger partial charge in [-0.15, -0.1) is 0 Å². The Bertz CT molecular complexity index is 187. The molecule has 0 aliphatic heterocycles. The van der Waals surface area contributed by atoms with Crippen molar-refractivity contribution in [1.82, 2.24) is 0 Å². The monoisotopic (exact) mass is 183 g/mol. The zero-order valence-corrected chi connectivity index (χ0v) is 8.81. The van der Waals surface area contributed by atoms with Crippen molar-refractivity contribution in [2.75, 3.05) is 6.54 Å². The molecule has 1 rings (SSSR count). The number of nitrogens with two attached hydrogens (primary N) is 1. The van der Waals surface area contributed by atoms with Crippen LogP contribution in [-0.2, 0) is 4.79 Å². The van der Waals surface area contributed by atoms with Gasteiger partial charge in [0, 0.05) is 12.3 Å². The third-order valence-electron chi connectivity index (χ3n) is 3.27. The van der Waals surface area contributed by atoms with Gasteiger partial charge in [0.05, 0.1) is 0 Å². The molecule has 0 aromatic heterocycles. The second kappa shape index (κ2) is 4.23. The van der Waals surface area contributed by atoms with Crippen LogP contribution in [0.1, 0.15) is 46.0 Å². The van der Waals surface area contributed by atoms with Gasteiger partial charge in [-0.25, -0.2) is 0 Å². The topological polar surface area (TPSA) is 43.1 Å². The second-order valence-electron chi connectivity index (χ2n) is 4.81. The molecule has 76 valence electrons. The van der Waals surface area contributed by atoms with E-state index in [1.54, 1.807) is 0 Å². The molecule has 0 bridgehead atoms. The summed E-state index contributed by atoms with van der Waals surface area (Å²) >= 11 is 0. The summed E-state index contributed by atoms with van der Waals surface area (Å²) < 4.78 is 0. The molecule has 0 amide bonds. The van der Waals surface area contributed by atoms with Gasteiger partial charge in [0.2, 0.25) is 0 Å². The molecule has 0 aromatic rings. The zero-order chi connectivity index (χ0) is 9.90. The molecule has 1 saturated carbocycles. The molecule has 0 spiro atoms. The first-order chi connectivity index (χ1) is 6.08. The van der Waals surface area contributed by atoms with Gasteiger partial charge in [-0.1, -0.05) is 26.7 Å². The quantitative estimate of drug-likeness (QED) is 0.666. The van der Waals surface area contributed by atoms with Gasteiger partial charge in [0.25, 0.3) is 0 Å². The Balaban J connectivity index is 2.69. The lowest BCUT2D eigenvalue weighted by molar-refractivity contribution is -0.126. The summed E-state index contributed by atoms with van der Waals surface area (Å²) in [6.07, 6.45) is 5.30. The number of ketones is 1. The van der Waals surface area contributed by atoms with E-state index < -0.39 is 0 Å². The van der Waals surface area contributed by atoms with E-state index in [4.69, 9.17) is 5.73 Å². The molecule has 13 heavy (non-hydrogen) atoms. The zero-order valence-electron chi connectivity index (χ0n) is 8.81. The molecular weight excluding hydrogens is 162 g/mol. The van der Waals surface area contributed by atoms with E-state index in [2.05, 4.69) is 13.8 Å². The van der Waals surface area contributed by atoms with Gasteiger partial charge in [0.15, 0.2) is 0 Å². The van der Waals surface area contributed by atoms with Gasteiger partial charge in [-0.2, -0.15) is 0 Å². The van der Waals surface area contributed by atoms with Crippen molar-refractivity contribution >= 4 is 5.78 Å². The van der Waals surface area contributed by atoms with Crippen LogP contribution in [0, 0.1) is 11.3 Å². The average molecular weight is 183 g/mol. The lowest BCUT2D eigenvalue weighted by atomic mass is 9.74. The summed E-state index contributed by atoms with van der Waals surface area (Å²) in [5, 5.41) is 0. The number of carbonyl (C=O) groups is 1. The van der Waals surface area contributed by atoms with Crippen molar-refractivity contribution in [3.63, 3.8) is 0 Å². The fraction of sp³-hybridized carbons (Fsp3) is 0.909. The van der Waals surface area contributed by atoms with Crippen LogP contribution in [-0.4, -0.2) is 12.3 Å². The number of hydrogen-bond donors (Lipinski definition) is 1. The van der Waals surface area contributed by atoms with E-state index in [9.17, 15) is 4.79 Å². The van der Waals surface area contributed by atoms with E-state index in [0.717, 1.165) is 19.3 Å². The molecule has 0 heterocycles. The summed E-state index contributed by atoms with van der Waals surface area (Å²) in [6.45, 7) is 4.84. The van der Waals surface area contributed by atoms with E-state index in [0.29, 0.717) is 12.3 Å². The third kappa shape index (κ3) is 2.53. The molecule has 0 saturated heterocycles. The summed E-state index contributed by atoms with van der Waals surface area (Å²) in [7, 11) is 0. The molecule has 1 unspecified atom stereocenters. The Kier molecular flexibility index (Phi) is 3.48. The highest BCUT2D eigenvalue weighted by molar-refractivity contribution is 5.81. The van der Waals surface area contributed by atoms with Crippen LogP contribution in [0.5, 0.6) is 0 Å². The third-order valence-corrected chi connectivity index (χ3v) is 3.27. The molecule has 1 fully saturated rings. The van der Waals surface area contributed by atoms with E-state index >= 15 is 0 Å². The van der Waals surface area contributed by atoms with Crippen LogP contribution in [0.3, 0.4) is 0 Å². The first-order valence-electron chi connectivity index (χ1n) is 5.31. The Morgan fingerprint density at radius 1 is 1.38 bits per heavy atom. The van der Waals surface area contributed by atoms with Crippen LogP contribution in [0.2, 0.25) is 0 Å². The molecule has 0 aromatic carbocycles. The summed E-state index contributed by atoms with van der Waals surface area (Å²) in [5.41, 5.74) is 5.70. The maximum atomic E-state index is 11.8. The molecule has 1 atom stereocenters. The van der Waals surface area contributed by atoms with E-state index in [1.807, 2.05) is 0 Å². The Morgan fingerprint density at radius 2 is 2.08 bits per heavy atom. The predicted octanol–water partition coefficient (Wildman–Crippen LogP) is 2.12. The summed E-state index contributed by atoms with van der Waals surface area (Å²) in [4.78, 5) is 11.8. The van der Waals surface area contributed by atoms with Crippen molar-refractivity contribution in [2.45, 2.75) is 46.0 Å². The first kappa shape index (κ1) is 10.7. The summed E-state index contributed by atoms with van der Waals surface area (Å²) in [6, 6.07) is 0. The predicted molar refractivity (Wildman–Crippen MR) is 54.4 cm³/mol. The minimum atomic E-state index is 0.00141. The Hall–Kier alpha value is -0.370. The first-order valence-corrected chi connectivity index (χ1v) is 5.31. The Labute approximate surface area is 80.9 Å². The smallest absolute Gasteiger partial charge is 0.136 e. The molecule has 2 N–H and O–H groups in total. The molecule has 2 nitrogen and oxygen atoms in total. The van der Waals surface area contributed by atoms with Crippen molar-refractivity contribution in [2.24, 2.45) is 17.1 Å². The highest BCUT2D eigenvalue weighted by Crippen LogP contribution is 2.34. The highest BCUT2D eigenvalue weighted by atomic mass is 16.1. The molecule has 2 heteroatoms. The minimum Gasteiger partial charge on any atom is -0.330 e. The van der Waals surface area contributed by atoms with E-state index in [-0.39, 0.29) is 11.3 Å². The fourth-order valence-electron chi connectivity index (χ4n) is 2.13. The molecule has 1 aliphatic rings. The standard InChI is InChI=1S/C11H21NO/c1-11(2,8-12)9-6-4-3-5-7-10(9)13/h9H,3-8,12H2,1-2H3. The van der Waals surface area contributed by atoms with Gasteiger partial charge in [-0.05, 0) is 24.8 Å². The van der Waals surface area contributed by atoms with Crippen LogP contribution in [0.25, 0.3) is 0 Å². The average Bonchev–Trinajstić information content (AvgIpc) is 2.30. The molecule has 0 radical (unpaired) electrons. The Morgan fingerprint density at radius 3 is 2.69 bits per heavy atom. The lowest BCUT2D eigenvalue weighted by Gasteiger charge is -2.31. The SMILES string of the molecule is CC(C)(CN)C1CCCCCC1=O. The largest absolute Gasteiger partial charge is 0.330 e. The molecular formula is C11H21NO. The van der Waals surface area contributed by atoms with Gasteiger partial charge in [0.1, 0.15) is 5.78 Å². The number of Topliss-reactive ketones (excluding diaryl/α,β-unsaturated/α-hetero) is 1. The number of rotatable bonds is 2. The lowest BCUT2D eigenvalue weighted by Crippen LogP contribution is -2.36. The van der Waals surface area contributed by atoms with Crippen molar-refractivity contribution in [3.05, 3.63) is 0 Å². The van der Waals surface area contributed by atoms with Crippen molar-refractivity contribution in [1.29, 1.82) is 0 Å². The van der Waals surface area contributed by atoms with Crippen LogP contribution in [0.4, 0.5) is 0 Å². The number of hydrogen-bond acceptors (Lipinski definition) is 2. The van der Waals surface area contributed by atoms with Crippen LogP contribution < -0.4 is 5.73 Å². The van der Waals surface area contributed by atoms with Crippen molar-refractivity contribution < 1.29 is 4.79 Å². The highest BCUT2D eigenvalue weighted by Gasteiger charge is 2.33.